The number of unbranched alkanes of at least 4 members (excludes halogenated alkanes) is 1. The van der Waals surface area contributed by atoms with Crippen molar-refractivity contribution in [3.8, 4) is 5.75 Å². The van der Waals surface area contributed by atoms with Crippen LogP contribution >= 0.6 is 25.3 Å². The summed E-state index contributed by atoms with van der Waals surface area (Å²) >= 11 is 8.07. The van der Waals surface area contributed by atoms with Crippen LogP contribution in [0.3, 0.4) is 0 Å². The lowest BCUT2D eigenvalue weighted by Crippen LogP contribution is -2.61. The summed E-state index contributed by atoms with van der Waals surface area (Å²) in [7, 11) is 0. The number of aliphatic hydroxyl groups excluding tert-OH is 1. The van der Waals surface area contributed by atoms with E-state index < -0.39 is 139 Å². The molecule has 2 aromatic carbocycles. The Labute approximate surface area is 423 Å². The van der Waals surface area contributed by atoms with Crippen molar-refractivity contribution in [1.82, 2.24) is 42.2 Å². The Balaban J connectivity index is 1.81. The summed E-state index contributed by atoms with van der Waals surface area (Å²) in [5.74, 6) is -11.9. The van der Waals surface area contributed by atoms with Crippen molar-refractivity contribution in [2.24, 2.45) is 11.5 Å². The van der Waals surface area contributed by atoms with Crippen molar-refractivity contribution in [2.75, 3.05) is 24.7 Å². The van der Waals surface area contributed by atoms with E-state index in [9.17, 15) is 68.4 Å². The number of aromatic hydroxyl groups is 1. The van der Waals surface area contributed by atoms with Gasteiger partial charge in [-0.3, -0.25) is 43.2 Å². The van der Waals surface area contributed by atoms with Crippen molar-refractivity contribution >= 4 is 95.4 Å². The number of phenols is 1. The number of nitrogens with two attached hydrogens (primary N) is 2. The molecule has 0 radical (unpaired) electrons. The summed E-state index contributed by atoms with van der Waals surface area (Å²) in [5, 5.41) is 65.5. The maximum Gasteiger partial charge on any atom is 0.327 e. The zero-order valence-corrected chi connectivity index (χ0v) is 40.7. The highest BCUT2D eigenvalue weighted by molar-refractivity contribution is 7.80. The normalized spacial score (nSPS) is 14.4. The van der Waals surface area contributed by atoms with Gasteiger partial charge in [-0.1, -0.05) is 30.3 Å². The van der Waals surface area contributed by atoms with E-state index in [0.29, 0.717) is 17.5 Å². The second-order valence-corrected chi connectivity index (χ2v) is 17.2. The lowest BCUT2D eigenvalue weighted by atomic mass is 10.0. The smallest absolute Gasteiger partial charge is 0.327 e. The number of fused-ring (bicyclic) bond motifs is 1. The fourth-order valence-corrected chi connectivity index (χ4v) is 7.51. The summed E-state index contributed by atoms with van der Waals surface area (Å²) in [6.07, 6.45) is -0.00304. The van der Waals surface area contributed by atoms with Gasteiger partial charge in [-0.05, 0) is 68.0 Å². The second kappa shape index (κ2) is 30.1. The molecule has 1 heterocycles. The van der Waals surface area contributed by atoms with Crippen LogP contribution in [0.5, 0.6) is 5.75 Å². The number of carboxylic acid groups (broad SMARTS) is 3. The van der Waals surface area contributed by atoms with Crippen LogP contribution in [-0.4, -0.2) is 163 Å². The number of phenolic OH excluding ortho intramolecular Hbond substituents is 1. The zero-order chi connectivity index (χ0) is 53.5. The lowest BCUT2D eigenvalue weighted by molar-refractivity contribution is -0.141. The third-order valence-corrected chi connectivity index (χ3v) is 11.8. The number of hydrogen-bond donors (Lipinski definition) is 17. The van der Waals surface area contributed by atoms with Crippen molar-refractivity contribution < 1.29 is 73.5 Å². The fraction of sp³-hybridized carbons (Fsp3) is 0.467. The number of benzene rings is 2. The van der Waals surface area contributed by atoms with Crippen LogP contribution in [0.1, 0.15) is 56.1 Å². The van der Waals surface area contributed by atoms with Crippen LogP contribution < -0.4 is 48.7 Å². The highest BCUT2D eigenvalue weighted by atomic mass is 32.1. The molecule has 3 aromatic rings. The molecule has 0 fully saturated rings. The molecule has 1 aromatic heterocycles. The average molecular weight is 1050 g/mol. The van der Waals surface area contributed by atoms with Crippen molar-refractivity contribution in [3.63, 3.8) is 0 Å². The van der Waals surface area contributed by atoms with E-state index in [1.807, 2.05) is 0 Å². The molecule has 27 heteroatoms. The molecular weight excluding hydrogens is 985 g/mol. The predicted octanol–water partition coefficient (Wildman–Crippen LogP) is -2.83. The van der Waals surface area contributed by atoms with E-state index in [2.05, 4.69) is 67.5 Å². The van der Waals surface area contributed by atoms with E-state index in [1.165, 1.54) is 24.3 Å². The molecule has 0 spiro atoms. The molecule has 25 nitrogen and oxygen atoms in total. The van der Waals surface area contributed by atoms with Crippen LogP contribution in [0.4, 0.5) is 0 Å². The zero-order valence-electron chi connectivity index (χ0n) is 38.9. The Hall–Kier alpha value is -6.94. The van der Waals surface area contributed by atoms with Gasteiger partial charge in [0, 0.05) is 54.3 Å². The lowest BCUT2D eigenvalue weighted by Gasteiger charge is -2.27. The minimum Gasteiger partial charge on any atom is -0.508 e. The quantitative estimate of drug-likeness (QED) is 0.0221. The van der Waals surface area contributed by atoms with Crippen LogP contribution in [0.15, 0.2) is 54.7 Å². The van der Waals surface area contributed by atoms with Gasteiger partial charge in [0.15, 0.2) is 0 Å². The van der Waals surface area contributed by atoms with Gasteiger partial charge in [0.2, 0.25) is 41.4 Å². The number of aromatic nitrogens is 1. The third-order valence-electron chi connectivity index (χ3n) is 11.0. The van der Waals surface area contributed by atoms with Gasteiger partial charge in [-0.25, -0.2) is 4.79 Å². The molecule has 0 saturated carbocycles. The summed E-state index contributed by atoms with van der Waals surface area (Å²) in [6, 6.07) is 0.447. The number of thiol groups is 2. The standard InChI is InChI=1S/C45H62N10O15S2/c46-16-4-3-7-29(49-42(66)32(51-38(62)27(47)12-14-36(58)59)18-24-19-48-28-6-2-1-5-26(24)28)39(63)53-33(20-56)43(67)54-34(21-71)44(68)50-30(13-15-37(60)61)40(64)52-31(17-23-8-10-25(57)11-9-23)41(65)55-35(22-72)45(69)70/h1-2,5-6,8-11,19,27,29-35,48,56-57,71-72H,3-4,7,12-18,20-22,46-47H2,(H,49,66)(H,50,68)(H,51,62)(H,52,64)(H,53,63)(H,54,67)(H,55,65)(H,58,59)(H,60,61)(H,69,70)/t27-,29-,30-,31-,32-,33-,34-,35-/m0/s1. The number of carboxylic acids is 3. The van der Waals surface area contributed by atoms with Crippen LogP contribution in [-0.2, 0) is 60.8 Å². The van der Waals surface area contributed by atoms with E-state index in [0.717, 1.165) is 10.9 Å². The van der Waals surface area contributed by atoms with Gasteiger partial charge >= 0.3 is 17.9 Å². The largest absolute Gasteiger partial charge is 0.508 e. The maximum absolute atomic E-state index is 14.0. The molecule has 0 aliphatic carbocycles. The monoisotopic (exact) mass is 1050 g/mol. The number of para-hydroxylation sites is 1. The third kappa shape index (κ3) is 19.3. The first-order valence-electron chi connectivity index (χ1n) is 22.6. The molecule has 0 aliphatic heterocycles. The van der Waals surface area contributed by atoms with Crippen molar-refractivity contribution in [1.29, 1.82) is 0 Å². The minimum absolute atomic E-state index is 0.0470. The molecular formula is C45H62N10O15S2. The molecule has 7 amide bonds. The SMILES string of the molecule is NCCCC[C@H](NC(=O)[C@H](Cc1c[nH]c2ccccc12)NC(=O)[C@@H](N)CCC(=O)O)C(=O)N[C@@H](CO)C(=O)N[C@@H](CS)C(=O)N[C@@H](CCC(=O)O)C(=O)N[C@@H](Cc1ccc(O)cc1)C(=O)N[C@@H](CS)C(=O)O. The molecule has 3 rings (SSSR count). The Morgan fingerprint density at radius 3 is 1.60 bits per heavy atom. The van der Waals surface area contributed by atoms with Gasteiger partial charge < -0.3 is 79.2 Å². The first kappa shape index (κ1) is 59.4. The number of nitrogens with one attached hydrogen (secondary N) is 8. The number of rotatable bonds is 32. The summed E-state index contributed by atoms with van der Waals surface area (Å²) < 4.78 is 0. The number of carbonyl (C=O) groups excluding carboxylic acids is 7. The Kier molecular flexibility index (Phi) is 24.8. The highest BCUT2D eigenvalue weighted by Crippen LogP contribution is 2.20. The Morgan fingerprint density at radius 1 is 0.556 bits per heavy atom. The number of carbonyl (C=O) groups is 10. The first-order chi connectivity index (χ1) is 34.2. The number of aliphatic carboxylic acids is 3. The molecule has 0 saturated heterocycles. The van der Waals surface area contributed by atoms with E-state index in [4.69, 9.17) is 16.6 Å². The van der Waals surface area contributed by atoms with Gasteiger partial charge in [-0.2, -0.15) is 25.3 Å². The molecule has 72 heavy (non-hydrogen) atoms. The molecule has 0 aliphatic rings. The Morgan fingerprint density at radius 2 is 1.03 bits per heavy atom. The van der Waals surface area contributed by atoms with Crippen molar-refractivity contribution in [2.45, 2.75) is 106 Å². The number of aliphatic hydroxyl groups is 1. The van der Waals surface area contributed by atoms with Crippen LogP contribution in [0, 0.1) is 0 Å². The number of hydrogen-bond acceptors (Lipinski definition) is 16. The van der Waals surface area contributed by atoms with Crippen molar-refractivity contribution in [3.05, 3.63) is 65.9 Å². The Bertz CT molecular complexity index is 2370. The van der Waals surface area contributed by atoms with Crippen LogP contribution in [0.2, 0.25) is 0 Å². The van der Waals surface area contributed by atoms with E-state index in [-0.39, 0.29) is 50.2 Å². The molecule has 8 atom stereocenters. The summed E-state index contributed by atoms with van der Waals surface area (Å²) in [6.45, 7) is -0.831. The molecule has 17 N–H and O–H groups in total. The van der Waals surface area contributed by atoms with Gasteiger partial charge in [-0.15, -0.1) is 0 Å². The minimum atomic E-state index is -1.77. The van der Waals surface area contributed by atoms with Gasteiger partial charge in [0.25, 0.3) is 0 Å². The summed E-state index contributed by atoms with van der Waals surface area (Å²) in [5.41, 5.74) is 13.4. The number of amides is 7. The molecule has 394 valence electrons. The molecule has 0 bridgehead atoms. The fourth-order valence-electron chi connectivity index (χ4n) is 7.00. The second-order valence-electron chi connectivity index (χ2n) is 16.5. The average Bonchev–Trinajstić information content (AvgIpc) is 3.76. The number of aromatic amines is 1. The van der Waals surface area contributed by atoms with Gasteiger partial charge in [0.1, 0.15) is 48.0 Å². The molecule has 0 unspecified atom stereocenters. The topological polar surface area (TPSA) is 424 Å². The van der Waals surface area contributed by atoms with E-state index >= 15 is 0 Å². The predicted molar refractivity (Wildman–Crippen MR) is 264 cm³/mol. The van der Waals surface area contributed by atoms with Gasteiger partial charge in [0.05, 0.1) is 12.6 Å². The number of H-pyrrole nitrogens is 1. The van der Waals surface area contributed by atoms with E-state index in [1.54, 1.807) is 30.5 Å². The van der Waals surface area contributed by atoms with Crippen LogP contribution in [0.25, 0.3) is 10.9 Å². The summed E-state index contributed by atoms with van der Waals surface area (Å²) in [4.78, 5) is 133. The highest BCUT2D eigenvalue weighted by Gasteiger charge is 2.34. The maximum atomic E-state index is 14.0. The first-order valence-corrected chi connectivity index (χ1v) is 23.9.